The molecule has 1 aliphatic heterocycles. The second-order valence-electron chi connectivity index (χ2n) is 6.11. The number of rotatable bonds is 3. The molecule has 2 fully saturated rings. The Morgan fingerprint density at radius 3 is 2.38 bits per heavy atom. The van der Waals surface area contributed by atoms with Crippen molar-refractivity contribution in [2.75, 3.05) is 18.4 Å². The van der Waals surface area contributed by atoms with Gasteiger partial charge < -0.3 is 10.2 Å². The molecule has 4 heteroatoms. The Balaban J connectivity index is 1.57. The number of nitrogens with zero attached hydrogens (tertiary/aromatic N) is 1. The zero-order chi connectivity index (χ0) is 14.7. The minimum Gasteiger partial charge on any atom is -0.342 e. The highest BCUT2D eigenvalue weighted by Gasteiger charge is 2.34. The van der Waals surface area contributed by atoms with Crippen molar-refractivity contribution in [2.45, 2.75) is 32.1 Å². The average molecular weight is 286 g/mol. The van der Waals surface area contributed by atoms with Crippen LogP contribution in [0.3, 0.4) is 0 Å². The third kappa shape index (κ3) is 3.26. The van der Waals surface area contributed by atoms with Gasteiger partial charge in [0.1, 0.15) is 0 Å². The van der Waals surface area contributed by atoms with Gasteiger partial charge in [-0.1, -0.05) is 24.6 Å². The summed E-state index contributed by atoms with van der Waals surface area (Å²) in [5.74, 6) is 0.440. The molecule has 1 saturated carbocycles. The summed E-state index contributed by atoms with van der Waals surface area (Å²) < 4.78 is 0. The minimum absolute atomic E-state index is 0.0345. The number of hydrogen-bond donors (Lipinski definition) is 1. The van der Waals surface area contributed by atoms with E-state index in [1.807, 2.05) is 35.2 Å². The Hall–Kier alpha value is -1.84. The summed E-state index contributed by atoms with van der Waals surface area (Å²) in [5.41, 5.74) is 0.824. The summed E-state index contributed by atoms with van der Waals surface area (Å²) in [6, 6.07) is 9.51. The molecule has 4 nitrogen and oxygen atoms in total. The fourth-order valence-corrected chi connectivity index (χ4v) is 3.07. The maximum atomic E-state index is 12.3. The van der Waals surface area contributed by atoms with Crippen LogP contribution in [0.15, 0.2) is 30.3 Å². The summed E-state index contributed by atoms with van der Waals surface area (Å²) in [6.07, 6.45) is 5.01. The first kappa shape index (κ1) is 14.1. The molecule has 1 unspecified atom stereocenters. The van der Waals surface area contributed by atoms with E-state index in [9.17, 15) is 9.59 Å². The Kier molecular flexibility index (Phi) is 4.23. The van der Waals surface area contributed by atoms with Crippen molar-refractivity contribution in [2.24, 2.45) is 11.8 Å². The van der Waals surface area contributed by atoms with E-state index in [1.165, 1.54) is 6.42 Å². The minimum atomic E-state index is -0.0806. The van der Waals surface area contributed by atoms with Gasteiger partial charge in [0, 0.05) is 24.7 Å². The van der Waals surface area contributed by atoms with Crippen LogP contribution >= 0.6 is 0 Å². The fourth-order valence-electron chi connectivity index (χ4n) is 3.07. The normalized spacial score (nSPS) is 22.5. The van der Waals surface area contributed by atoms with E-state index in [1.54, 1.807) is 0 Å². The van der Waals surface area contributed by atoms with Gasteiger partial charge in [-0.05, 0) is 37.8 Å². The van der Waals surface area contributed by atoms with Gasteiger partial charge in [-0.25, -0.2) is 0 Å². The van der Waals surface area contributed by atoms with Crippen molar-refractivity contribution < 1.29 is 9.59 Å². The first-order chi connectivity index (χ1) is 10.2. The third-order valence-corrected chi connectivity index (χ3v) is 4.60. The lowest BCUT2D eigenvalue weighted by Gasteiger charge is -2.36. The first-order valence-corrected chi connectivity index (χ1v) is 7.89. The number of hydrogen-bond acceptors (Lipinski definition) is 2. The molecule has 112 valence electrons. The van der Waals surface area contributed by atoms with Crippen LogP contribution in [-0.4, -0.2) is 29.8 Å². The van der Waals surface area contributed by atoms with Crippen LogP contribution in [0.1, 0.15) is 32.1 Å². The molecule has 1 atom stereocenters. The van der Waals surface area contributed by atoms with Crippen molar-refractivity contribution in [3.8, 4) is 0 Å². The molecule has 0 aromatic heterocycles. The van der Waals surface area contributed by atoms with Crippen molar-refractivity contribution in [3.05, 3.63) is 30.3 Å². The fraction of sp³-hybridized carbons (Fsp3) is 0.529. The number of benzene rings is 1. The van der Waals surface area contributed by atoms with E-state index in [0.29, 0.717) is 6.54 Å². The zero-order valence-corrected chi connectivity index (χ0v) is 12.3. The lowest BCUT2D eigenvalue weighted by Crippen LogP contribution is -2.47. The molecular formula is C17H22N2O2. The largest absolute Gasteiger partial charge is 0.342 e. The molecule has 0 bridgehead atoms. The van der Waals surface area contributed by atoms with Gasteiger partial charge >= 0.3 is 0 Å². The molecule has 2 amide bonds. The lowest BCUT2D eigenvalue weighted by molar-refractivity contribution is -0.141. The average Bonchev–Trinajstić information content (AvgIpc) is 2.46. The smallest absolute Gasteiger partial charge is 0.229 e. The van der Waals surface area contributed by atoms with Crippen LogP contribution in [-0.2, 0) is 9.59 Å². The molecule has 0 radical (unpaired) electrons. The standard InChI is InChI=1S/C17H22N2O2/c20-16(18-15-9-2-1-3-10-15)14-8-5-11-19(12-14)17(21)13-6-4-7-13/h1-3,9-10,13-14H,4-8,11-12H2,(H,18,20). The van der Waals surface area contributed by atoms with Crippen molar-refractivity contribution in [1.29, 1.82) is 0 Å². The lowest BCUT2D eigenvalue weighted by atomic mass is 9.83. The highest BCUT2D eigenvalue weighted by molar-refractivity contribution is 5.93. The number of anilines is 1. The van der Waals surface area contributed by atoms with E-state index >= 15 is 0 Å². The summed E-state index contributed by atoms with van der Waals surface area (Å²) >= 11 is 0. The molecule has 21 heavy (non-hydrogen) atoms. The Bertz CT molecular complexity index is 511. The molecule has 1 aliphatic carbocycles. The highest BCUT2D eigenvalue weighted by atomic mass is 16.2. The Morgan fingerprint density at radius 1 is 1.00 bits per heavy atom. The second kappa shape index (κ2) is 6.29. The van der Waals surface area contributed by atoms with E-state index < -0.39 is 0 Å². The molecule has 3 rings (SSSR count). The van der Waals surface area contributed by atoms with E-state index in [0.717, 1.165) is 37.9 Å². The van der Waals surface area contributed by atoms with Gasteiger partial charge in [0.2, 0.25) is 11.8 Å². The number of nitrogens with one attached hydrogen (secondary N) is 1. The number of amides is 2. The summed E-state index contributed by atoms with van der Waals surface area (Å²) in [4.78, 5) is 26.5. The third-order valence-electron chi connectivity index (χ3n) is 4.60. The molecule has 0 spiro atoms. The van der Waals surface area contributed by atoms with E-state index in [4.69, 9.17) is 0 Å². The number of carbonyl (C=O) groups is 2. The van der Waals surface area contributed by atoms with Gasteiger partial charge in [0.05, 0.1) is 5.92 Å². The number of para-hydroxylation sites is 1. The highest BCUT2D eigenvalue weighted by Crippen LogP contribution is 2.30. The molecular weight excluding hydrogens is 264 g/mol. The SMILES string of the molecule is O=C(Nc1ccccc1)C1CCCN(C(=O)C2CCC2)C1. The predicted molar refractivity (Wildman–Crippen MR) is 81.7 cm³/mol. The maximum absolute atomic E-state index is 12.3. The summed E-state index contributed by atoms with van der Waals surface area (Å²) in [6.45, 7) is 1.39. The molecule has 2 aliphatic rings. The maximum Gasteiger partial charge on any atom is 0.229 e. The van der Waals surface area contributed by atoms with Gasteiger partial charge in [0.15, 0.2) is 0 Å². The second-order valence-corrected chi connectivity index (χ2v) is 6.11. The van der Waals surface area contributed by atoms with Crippen LogP contribution in [0.2, 0.25) is 0 Å². The van der Waals surface area contributed by atoms with Gasteiger partial charge in [0.25, 0.3) is 0 Å². The molecule has 1 aromatic rings. The summed E-state index contributed by atoms with van der Waals surface area (Å²) in [5, 5.41) is 2.95. The van der Waals surface area contributed by atoms with E-state index in [2.05, 4.69) is 5.32 Å². The van der Waals surface area contributed by atoms with Crippen molar-refractivity contribution >= 4 is 17.5 Å². The van der Waals surface area contributed by atoms with Gasteiger partial charge in [-0.15, -0.1) is 0 Å². The van der Waals surface area contributed by atoms with Crippen LogP contribution < -0.4 is 5.32 Å². The predicted octanol–water partition coefficient (Wildman–Crippen LogP) is 2.66. The van der Waals surface area contributed by atoms with Crippen LogP contribution in [0, 0.1) is 11.8 Å². The van der Waals surface area contributed by atoms with E-state index in [-0.39, 0.29) is 23.7 Å². The molecule has 1 saturated heterocycles. The van der Waals surface area contributed by atoms with Crippen molar-refractivity contribution in [1.82, 2.24) is 4.90 Å². The summed E-state index contributed by atoms with van der Waals surface area (Å²) in [7, 11) is 0. The number of likely N-dealkylation sites (tertiary alicyclic amines) is 1. The van der Waals surface area contributed by atoms with Crippen LogP contribution in [0.25, 0.3) is 0 Å². The van der Waals surface area contributed by atoms with Gasteiger partial charge in [-0.2, -0.15) is 0 Å². The quantitative estimate of drug-likeness (QED) is 0.928. The van der Waals surface area contributed by atoms with Crippen LogP contribution in [0.5, 0.6) is 0 Å². The van der Waals surface area contributed by atoms with Crippen LogP contribution in [0.4, 0.5) is 5.69 Å². The zero-order valence-electron chi connectivity index (χ0n) is 12.3. The monoisotopic (exact) mass is 286 g/mol. The first-order valence-electron chi connectivity index (χ1n) is 7.89. The van der Waals surface area contributed by atoms with Crippen molar-refractivity contribution in [3.63, 3.8) is 0 Å². The number of piperidine rings is 1. The molecule has 1 heterocycles. The topological polar surface area (TPSA) is 49.4 Å². The molecule has 1 aromatic carbocycles. The van der Waals surface area contributed by atoms with Gasteiger partial charge in [-0.3, -0.25) is 9.59 Å². The Labute approximate surface area is 125 Å². The Morgan fingerprint density at radius 2 is 1.71 bits per heavy atom. The number of carbonyl (C=O) groups excluding carboxylic acids is 2. The molecule has 1 N–H and O–H groups in total.